The normalized spacial score (nSPS) is 7.67. The molecule has 0 saturated heterocycles. The van der Waals surface area contributed by atoms with Gasteiger partial charge in [0.2, 0.25) is 0 Å². The van der Waals surface area contributed by atoms with E-state index < -0.39 is 0 Å². The molecular weight excluding hydrogens is 74.1 g/mol. The van der Waals surface area contributed by atoms with Crippen LogP contribution in [-0.2, 0) is 0 Å². The summed E-state index contributed by atoms with van der Waals surface area (Å²) in [6.45, 7) is 8.61. The first-order valence-electron chi connectivity index (χ1n) is 2.16. The molecule has 0 atom stereocenters. The van der Waals surface area contributed by atoms with Crippen LogP contribution in [0.15, 0.2) is 12.3 Å². The molecule has 0 aromatic carbocycles. The van der Waals surface area contributed by atoms with Gasteiger partial charge in [-0.2, -0.15) is 0 Å². The van der Waals surface area contributed by atoms with Crippen LogP contribution in [0.5, 0.6) is 0 Å². The van der Waals surface area contributed by atoms with Crippen LogP contribution in [-0.4, -0.2) is 6.54 Å². The molecule has 0 spiro atoms. The molecule has 0 fully saturated rings. The molecule has 0 heterocycles. The largest absolute Gasteiger partial charge is 0.389 e. The predicted octanol–water partition coefficient (Wildman–Crippen LogP) is 1.13. The highest BCUT2D eigenvalue weighted by Gasteiger charge is 1.70. The fraction of sp³-hybridized carbons (Fsp3) is 0.600. The standard InChI is InChI=1S/C5H11N/c1-4-6-5(2)3/h6H,2,4H2,1,3H3. The molecule has 0 bridgehead atoms. The van der Waals surface area contributed by atoms with Gasteiger partial charge in [0, 0.05) is 12.2 Å². The van der Waals surface area contributed by atoms with E-state index in [2.05, 4.69) is 18.8 Å². The molecule has 0 rings (SSSR count). The topological polar surface area (TPSA) is 12.0 Å². The van der Waals surface area contributed by atoms with E-state index in [4.69, 9.17) is 0 Å². The molecule has 6 heavy (non-hydrogen) atoms. The average molecular weight is 85.1 g/mol. The van der Waals surface area contributed by atoms with Gasteiger partial charge in [-0.25, -0.2) is 0 Å². The Labute approximate surface area is 39.1 Å². The van der Waals surface area contributed by atoms with Crippen molar-refractivity contribution in [1.82, 2.24) is 5.32 Å². The molecule has 36 valence electrons. The smallest absolute Gasteiger partial charge is 0.0115 e. The van der Waals surface area contributed by atoms with Crippen molar-refractivity contribution in [2.24, 2.45) is 0 Å². The van der Waals surface area contributed by atoms with Crippen molar-refractivity contribution in [3.63, 3.8) is 0 Å². The minimum Gasteiger partial charge on any atom is -0.389 e. The summed E-state index contributed by atoms with van der Waals surface area (Å²) in [6, 6.07) is 0. The third kappa shape index (κ3) is 3.54. The maximum atomic E-state index is 3.63. The number of nitrogens with one attached hydrogen (secondary N) is 1. The highest BCUT2D eigenvalue weighted by atomic mass is 14.8. The summed E-state index contributed by atoms with van der Waals surface area (Å²) in [5.41, 5.74) is 1.04. The Morgan fingerprint density at radius 1 is 1.83 bits per heavy atom. The first-order valence-corrected chi connectivity index (χ1v) is 2.16. The highest BCUT2D eigenvalue weighted by molar-refractivity contribution is 4.82. The van der Waals surface area contributed by atoms with Crippen LogP contribution >= 0.6 is 0 Å². The van der Waals surface area contributed by atoms with E-state index in [1.54, 1.807) is 0 Å². The van der Waals surface area contributed by atoms with Gasteiger partial charge in [-0.3, -0.25) is 0 Å². The summed E-state index contributed by atoms with van der Waals surface area (Å²) in [4.78, 5) is 0. The van der Waals surface area contributed by atoms with Gasteiger partial charge in [0.05, 0.1) is 0 Å². The van der Waals surface area contributed by atoms with Crippen LogP contribution in [0.1, 0.15) is 13.8 Å². The summed E-state index contributed by atoms with van der Waals surface area (Å²) in [6.07, 6.45) is 0. The molecule has 0 radical (unpaired) electrons. The first kappa shape index (κ1) is 5.54. The van der Waals surface area contributed by atoms with Gasteiger partial charge in [-0.1, -0.05) is 6.58 Å². The lowest BCUT2D eigenvalue weighted by Gasteiger charge is -1.95. The fourth-order valence-electron chi connectivity index (χ4n) is 0.302. The molecule has 0 aliphatic carbocycles. The van der Waals surface area contributed by atoms with Crippen molar-refractivity contribution < 1.29 is 0 Å². The van der Waals surface area contributed by atoms with Gasteiger partial charge >= 0.3 is 0 Å². The first-order chi connectivity index (χ1) is 2.77. The summed E-state index contributed by atoms with van der Waals surface area (Å²) >= 11 is 0. The van der Waals surface area contributed by atoms with Crippen molar-refractivity contribution >= 4 is 0 Å². The fourth-order valence-corrected chi connectivity index (χ4v) is 0.302. The Kier molecular flexibility index (Phi) is 2.55. The summed E-state index contributed by atoms with van der Waals surface area (Å²) in [5.74, 6) is 0. The van der Waals surface area contributed by atoms with Crippen molar-refractivity contribution in [3.8, 4) is 0 Å². The lowest BCUT2D eigenvalue weighted by atomic mass is 10.5. The van der Waals surface area contributed by atoms with Crippen molar-refractivity contribution in [2.75, 3.05) is 6.54 Å². The number of hydrogen-bond acceptors (Lipinski definition) is 1. The van der Waals surface area contributed by atoms with Crippen LogP contribution in [0.25, 0.3) is 0 Å². The number of rotatable bonds is 2. The Balaban J connectivity index is 2.83. The van der Waals surface area contributed by atoms with Crippen LogP contribution in [0, 0.1) is 0 Å². The third-order valence-corrected chi connectivity index (χ3v) is 0.479. The zero-order valence-electron chi connectivity index (χ0n) is 4.41. The van der Waals surface area contributed by atoms with E-state index in [0.29, 0.717) is 0 Å². The van der Waals surface area contributed by atoms with E-state index in [1.807, 2.05) is 6.92 Å². The number of hydrogen-bond donors (Lipinski definition) is 1. The molecule has 1 N–H and O–H groups in total. The molecular formula is C5H11N. The van der Waals surface area contributed by atoms with Crippen LogP contribution < -0.4 is 5.32 Å². The van der Waals surface area contributed by atoms with Gasteiger partial charge < -0.3 is 5.32 Å². The number of allylic oxidation sites excluding steroid dienone is 1. The van der Waals surface area contributed by atoms with Gasteiger partial charge in [0.25, 0.3) is 0 Å². The van der Waals surface area contributed by atoms with Crippen molar-refractivity contribution in [3.05, 3.63) is 12.3 Å². The Bertz CT molecular complexity index is 47.9. The molecule has 0 aliphatic rings. The summed E-state index contributed by atoms with van der Waals surface area (Å²) in [7, 11) is 0. The Morgan fingerprint density at radius 2 is 2.33 bits per heavy atom. The molecule has 0 amide bonds. The van der Waals surface area contributed by atoms with Crippen molar-refractivity contribution in [1.29, 1.82) is 0 Å². The zero-order valence-corrected chi connectivity index (χ0v) is 4.41. The molecule has 1 heteroatoms. The quantitative estimate of drug-likeness (QED) is 0.530. The highest BCUT2D eigenvalue weighted by Crippen LogP contribution is 1.72. The second-order valence-electron chi connectivity index (χ2n) is 1.31. The van der Waals surface area contributed by atoms with Crippen molar-refractivity contribution in [2.45, 2.75) is 13.8 Å². The van der Waals surface area contributed by atoms with Gasteiger partial charge in [0.1, 0.15) is 0 Å². The lowest BCUT2D eigenvalue weighted by Crippen LogP contribution is -2.07. The second kappa shape index (κ2) is 2.76. The third-order valence-electron chi connectivity index (χ3n) is 0.479. The molecule has 0 unspecified atom stereocenters. The van der Waals surface area contributed by atoms with E-state index >= 15 is 0 Å². The van der Waals surface area contributed by atoms with Gasteiger partial charge in [0.15, 0.2) is 0 Å². The van der Waals surface area contributed by atoms with Gasteiger partial charge in [-0.05, 0) is 13.8 Å². The van der Waals surface area contributed by atoms with Crippen LogP contribution in [0.4, 0.5) is 0 Å². The van der Waals surface area contributed by atoms with Crippen LogP contribution in [0.3, 0.4) is 0 Å². The minimum absolute atomic E-state index is 0.981. The van der Waals surface area contributed by atoms with Crippen LogP contribution in [0.2, 0.25) is 0 Å². The molecule has 0 saturated carbocycles. The van der Waals surface area contributed by atoms with E-state index in [9.17, 15) is 0 Å². The van der Waals surface area contributed by atoms with Gasteiger partial charge in [-0.15, -0.1) is 0 Å². The second-order valence-corrected chi connectivity index (χ2v) is 1.31. The predicted molar refractivity (Wildman–Crippen MR) is 28.5 cm³/mol. The zero-order chi connectivity index (χ0) is 4.99. The molecule has 0 aromatic heterocycles. The summed E-state index contributed by atoms with van der Waals surface area (Å²) < 4.78 is 0. The monoisotopic (exact) mass is 85.1 g/mol. The molecule has 0 aromatic rings. The Hall–Kier alpha value is -0.460. The van der Waals surface area contributed by atoms with E-state index in [1.165, 1.54) is 0 Å². The minimum atomic E-state index is 0.981. The molecule has 1 nitrogen and oxygen atoms in total. The lowest BCUT2D eigenvalue weighted by molar-refractivity contribution is 0.859. The molecule has 0 aliphatic heterocycles. The SMILES string of the molecule is C=C(C)NCC. The maximum Gasteiger partial charge on any atom is 0.0115 e. The Morgan fingerprint density at radius 3 is 2.33 bits per heavy atom. The van der Waals surface area contributed by atoms with E-state index in [0.717, 1.165) is 12.2 Å². The van der Waals surface area contributed by atoms with E-state index in [-0.39, 0.29) is 0 Å². The summed E-state index contributed by atoms with van der Waals surface area (Å²) in [5, 5.41) is 3.01. The average Bonchev–Trinajstić information content (AvgIpc) is 1.35. The maximum absolute atomic E-state index is 3.63.